The molecule has 0 bridgehead atoms. The minimum Gasteiger partial charge on any atom is -0.329 e. The third kappa shape index (κ3) is 2.70. The van der Waals surface area contributed by atoms with Crippen molar-refractivity contribution in [3.8, 4) is 0 Å². The maximum atomic E-state index is 6.17. The number of aryl methyl sites for hydroxylation is 1. The van der Waals surface area contributed by atoms with Crippen LogP contribution in [0.2, 0.25) is 10.2 Å². The zero-order valence-electron chi connectivity index (χ0n) is 8.54. The van der Waals surface area contributed by atoms with Crippen molar-refractivity contribution in [2.45, 2.75) is 13.5 Å². The normalized spacial score (nSPS) is 10.8. The molecule has 0 aliphatic rings. The molecule has 84 valence electrons. The van der Waals surface area contributed by atoms with E-state index >= 15 is 0 Å². The van der Waals surface area contributed by atoms with Gasteiger partial charge in [0.25, 0.3) is 0 Å². The molecule has 0 saturated carbocycles. The van der Waals surface area contributed by atoms with Crippen molar-refractivity contribution in [1.29, 1.82) is 0 Å². The van der Waals surface area contributed by atoms with Crippen LogP contribution in [0.4, 0.5) is 0 Å². The Morgan fingerprint density at radius 3 is 2.69 bits per heavy atom. The number of nitrogens with zero attached hydrogens (tertiary/aromatic N) is 2. The molecule has 1 heterocycles. The summed E-state index contributed by atoms with van der Waals surface area (Å²) in [5, 5.41) is 1.29. The highest BCUT2D eigenvalue weighted by atomic mass is 127. The van der Waals surface area contributed by atoms with Crippen LogP contribution in [0.5, 0.6) is 0 Å². The molecule has 2 nitrogen and oxygen atoms in total. The first kappa shape index (κ1) is 12.2. The van der Waals surface area contributed by atoms with E-state index in [1.165, 1.54) is 0 Å². The van der Waals surface area contributed by atoms with Gasteiger partial charge in [0.05, 0.1) is 6.54 Å². The van der Waals surface area contributed by atoms with Gasteiger partial charge < -0.3 is 4.57 Å². The Morgan fingerprint density at radius 1 is 1.38 bits per heavy atom. The topological polar surface area (TPSA) is 17.8 Å². The molecular weight excluding hydrogens is 358 g/mol. The third-order valence-corrected chi connectivity index (χ3v) is 3.51. The van der Waals surface area contributed by atoms with Gasteiger partial charge in [-0.1, -0.05) is 29.3 Å². The van der Waals surface area contributed by atoms with Gasteiger partial charge in [-0.3, -0.25) is 0 Å². The summed E-state index contributed by atoms with van der Waals surface area (Å²) in [6.45, 7) is 2.62. The Labute approximate surface area is 118 Å². The lowest BCUT2D eigenvalue weighted by atomic mass is 10.2. The van der Waals surface area contributed by atoms with Crippen LogP contribution in [0.3, 0.4) is 0 Å². The van der Waals surface area contributed by atoms with Crippen molar-refractivity contribution in [2.75, 3.05) is 0 Å². The van der Waals surface area contributed by atoms with Gasteiger partial charge in [-0.05, 0) is 47.2 Å². The SMILES string of the molecule is Cc1nc(Cl)cn1Cc1ccc(I)cc1Cl. The Kier molecular flexibility index (Phi) is 3.77. The van der Waals surface area contributed by atoms with Crippen molar-refractivity contribution < 1.29 is 0 Å². The first-order valence-electron chi connectivity index (χ1n) is 4.69. The average Bonchev–Trinajstić information content (AvgIpc) is 2.50. The van der Waals surface area contributed by atoms with Crippen molar-refractivity contribution in [1.82, 2.24) is 9.55 Å². The van der Waals surface area contributed by atoms with Crippen LogP contribution >= 0.6 is 45.8 Å². The van der Waals surface area contributed by atoms with Crippen molar-refractivity contribution in [2.24, 2.45) is 0 Å². The maximum absolute atomic E-state index is 6.17. The van der Waals surface area contributed by atoms with Crippen LogP contribution in [0.25, 0.3) is 0 Å². The smallest absolute Gasteiger partial charge is 0.147 e. The molecular formula is C11H9Cl2IN2. The van der Waals surface area contributed by atoms with Crippen LogP contribution in [-0.4, -0.2) is 9.55 Å². The van der Waals surface area contributed by atoms with Gasteiger partial charge in [0.1, 0.15) is 11.0 Å². The largest absolute Gasteiger partial charge is 0.329 e. The molecule has 1 aromatic heterocycles. The lowest BCUT2D eigenvalue weighted by Crippen LogP contribution is -2.01. The zero-order chi connectivity index (χ0) is 11.7. The molecule has 0 N–H and O–H groups in total. The molecule has 1 aromatic carbocycles. The summed E-state index contributed by atoms with van der Waals surface area (Å²) in [4.78, 5) is 4.14. The quantitative estimate of drug-likeness (QED) is 0.730. The molecule has 0 aliphatic heterocycles. The van der Waals surface area contributed by atoms with E-state index in [-0.39, 0.29) is 0 Å². The molecule has 0 unspecified atom stereocenters. The second kappa shape index (κ2) is 4.94. The summed E-state index contributed by atoms with van der Waals surface area (Å²) in [6, 6.07) is 6.01. The van der Waals surface area contributed by atoms with Crippen LogP contribution in [0.1, 0.15) is 11.4 Å². The summed E-state index contributed by atoms with van der Waals surface area (Å²) >= 11 is 14.2. The molecule has 0 aliphatic carbocycles. The second-order valence-corrected chi connectivity index (χ2v) is 5.51. The second-order valence-electron chi connectivity index (χ2n) is 3.47. The number of hydrogen-bond donors (Lipinski definition) is 0. The third-order valence-electron chi connectivity index (χ3n) is 2.30. The predicted molar refractivity (Wildman–Crippen MR) is 75.2 cm³/mol. The van der Waals surface area contributed by atoms with Gasteiger partial charge >= 0.3 is 0 Å². The van der Waals surface area contributed by atoms with Gasteiger partial charge in [-0.2, -0.15) is 0 Å². The Balaban J connectivity index is 2.30. The molecule has 16 heavy (non-hydrogen) atoms. The number of aromatic nitrogens is 2. The molecule has 0 amide bonds. The fourth-order valence-electron chi connectivity index (χ4n) is 1.46. The molecule has 0 radical (unpaired) electrons. The highest BCUT2D eigenvalue weighted by Gasteiger charge is 2.05. The molecule has 2 rings (SSSR count). The van der Waals surface area contributed by atoms with E-state index in [0.717, 1.165) is 20.0 Å². The van der Waals surface area contributed by atoms with E-state index in [1.54, 1.807) is 0 Å². The van der Waals surface area contributed by atoms with Crippen LogP contribution < -0.4 is 0 Å². The van der Waals surface area contributed by atoms with Gasteiger partial charge in [0.2, 0.25) is 0 Å². The number of halogens is 3. The molecule has 0 saturated heterocycles. The lowest BCUT2D eigenvalue weighted by Gasteiger charge is -2.07. The Hall–Kier alpha value is -0.260. The van der Waals surface area contributed by atoms with Gasteiger partial charge in [-0.25, -0.2) is 4.98 Å². The summed E-state index contributed by atoms with van der Waals surface area (Å²) in [5.41, 5.74) is 1.07. The van der Waals surface area contributed by atoms with Crippen LogP contribution in [0.15, 0.2) is 24.4 Å². The molecule has 0 spiro atoms. The first-order chi connectivity index (χ1) is 7.56. The number of hydrogen-bond acceptors (Lipinski definition) is 1. The highest BCUT2D eigenvalue weighted by Crippen LogP contribution is 2.21. The van der Waals surface area contributed by atoms with E-state index in [4.69, 9.17) is 23.2 Å². The summed E-state index contributed by atoms with van der Waals surface area (Å²) in [5.74, 6) is 0.889. The first-order valence-corrected chi connectivity index (χ1v) is 6.53. The standard InChI is InChI=1S/C11H9Cl2IN2/c1-7-15-11(13)6-16(7)5-8-2-3-9(14)4-10(8)12/h2-4,6H,5H2,1H3. The Morgan fingerprint density at radius 2 is 2.12 bits per heavy atom. The van der Waals surface area contributed by atoms with Gasteiger partial charge in [0.15, 0.2) is 0 Å². The van der Waals surface area contributed by atoms with E-state index in [0.29, 0.717) is 11.7 Å². The summed E-state index contributed by atoms with van der Waals surface area (Å²) in [6.07, 6.45) is 1.81. The lowest BCUT2D eigenvalue weighted by molar-refractivity contribution is 0.762. The van der Waals surface area contributed by atoms with E-state index < -0.39 is 0 Å². The van der Waals surface area contributed by atoms with Crippen molar-refractivity contribution in [3.63, 3.8) is 0 Å². The molecule has 5 heteroatoms. The molecule has 0 atom stereocenters. The number of benzene rings is 1. The van der Waals surface area contributed by atoms with E-state index in [1.807, 2.05) is 35.9 Å². The predicted octanol–water partition coefficient (Wildman–Crippen LogP) is 4.15. The minimum atomic E-state index is 0.513. The van der Waals surface area contributed by atoms with Gasteiger partial charge in [-0.15, -0.1) is 0 Å². The highest BCUT2D eigenvalue weighted by molar-refractivity contribution is 14.1. The van der Waals surface area contributed by atoms with Crippen molar-refractivity contribution in [3.05, 3.63) is 49.5 Å². The average molecular weight is 367 g/mol. The summed E-state index contributed by atoms with van der Waals surface area (Å²) < 4.78 is 3.11. The minimum absolute atomic E-state index is 0.513. The fourth-order valence-corrected chi connectivity index (χ4v) is 2.62. The van der Waals surface area contributed by atoms with Gasteiger partial charge in [0, 0.05) is 14.8 Å². The Bertz CT molecular complexity index is 523. The summed E-state index contributed by atoms with van der Waals surface area (Å²) in [7, 11) is 0. The maximum Gasteiger partial charge on any atom is 0.147 e. The monoisotopic (exact) mass is 366 g/mol. The molecule has 0 fully saturated rings. The number of imidazole rings is 1. The van der Waals surface area contributed by atoms with Crippen LogP contribution in [-0.2, 0) is 6.54 Å². The van der Waals surface area contributed by atoms with Crippen molar-refractivity contribution >= 4 is 45.8 Å². The zero-order valence-corrected chi connectivity index (χ0v) is 12.2. The van der Waals surface area contributed by atoms with E-state index in [9.17, 15) is 0 Å². The fraction of sp³-hybridized carbons (Fsp3) is 0.182. The van der Waals surface area contributed by atoms with E-state index in [2.05, 4.69) is 27.6 Å². The molecule has 2 aromatic rings. The van der Waals surface area contributed by atoms with Crippen LogP contribution in [0, 0.1) is 10.5 Å². The number of rotatable bonds is 2.